The van der Waals surface area contributed by atoms with Gasteiger partial charge in [0.25, 0.3) is 0 Å². The Hall–Kier alpha value is -1.67. The summed E-state index contributed by atoms with van der Waals surface area (Å²) in [5, 5.41) is 0. The van der Waals surface area contributed by atoms with Gasteiger partial charge in [0.15, 0.2) is 0 Å². The number of hydrogen-bond acceptors (Lipinski definition) is 2. The van der Waals surface area contributed by atoms with Gasteiger partial charge in [-0.1, -0.05) is 36.5 Å². The molecule has 0 saturated heterocycles. The summed E-state index contributed by atoms with van der Waals surface area (Å²) in [5.41, 5.74) is 3.55. The molecule has 0 bridgehead atoms. The molecule has 0 amide bonds. The molecule has 0 saturated carbocycles. The molecular weight excluding hydrogens is 240 g/mol. The van der Waals surface area contributed by atoms with Gasteiger partial charge in [-0.2, -0.15) is 0 Å². The maximum Gasteiger partial charge on any atom is 0.120 e. The van der Waals surface area contributed by atoms with Crippen LogP contribution in [0.5, 0.6) is 5.75 Å². The zero-order chi connectivity index (χ0) is 12.5. The molecule has 1 aliphatic rings. The van der Waals surface area contributed by atoms with Crippen LogP contribution >= 0.6 is 11.8 Å². The van der Waals surface area contributed by atoms with E-state index in [2.05, 4.69) is 43.0 Å². The van der Waals surface area contributed by atoms with E-state index in [0.717, 1.165) is 11.3 Å². The average Bonchev–Trinajstić information content (AvgIpc) is 2.39. The van der Waals surface area contributed by atoms with Crippen molar-refractivity contribution in [2.24, 2.45) is 0 Å². The predicted octanol–water partition coefficient (Wildman–Crippen LogP) is 4.61. The minimum Gasteiger partial charge on any atom is -0.494 e. The van der Waals surface area contributed by atoms with Gasteiger partial charge in [0.1, 0.15) is 5.75 Å². The van der Waals surface area contributed by atoms with Crippen LogP contribution in [0.4, 0.5) is 0 Å². The first-order valence-electron chi connectivity index (χ1n) is 6.03. The lowest BCUT2D eigenvalue weighted by atomic mass is 9.99. The molecule has 2 aromatic carbocycles. The third kappa shape index (κ3) is 1.83. The first-order chi connectivity index (χ1) is 8.79. The minimum absolute atomic E-state index is 0.695. The van der Waals surface area contributed by atoms with Crippen molar-refractivity contribution in [3.8, 4) is 5.75 Å². The highest BCUT2D eigenvalue weighted by Crippen LogP contribution is 2.45. The van der Waals surface area contributed by atoms with Crippen molar-refractivity contribution < 1.29 is 4.74 Å². The van der Waals surface area contributed by atoms with Gasteiger partial charge in [-0.15, -0.1) is 0 Å². The van der Waals surface area contributed by atoms with Crippen molar-refractivity contribution in [3.63, 3.8) is 0 Å². The van der Waals surface area contributed by atoms with Crippen LogP contribution in [-0.4, -0.2) is 6.61 Å². The number of benzene rings is 2. The lowest BCUT2D eigenvalue weighted by molar-refractivity contribution is 0.339. The first kappa shape index (κ1) is 11.4. The lowest BCUT2D eigenvalue weighted by Gasteiger charge is -2.21. The highest BCUT2D eigenvalue weighted by molar-refractivity contribution is 7.99. The van der Waals surface area contributed by atoms with Crippen LogP contribution in [0.15, 0.2) is 58.8 Å². The van der Waals surface area contributed by atoms with E-state index in [1.165, 1.54) is 20.9 Å². The van der Waals surface area contributed by atoms with Gasteiger partial charge in [-0.25, -0.2) is 0 Å². The SMILES string of the molecule is C=C1c2ccccc2Sc2cc(OCC)ccc21. The molecule has 0 radical (unpaired) electrons. The second-order valence-corrected chi connectivity index (χ2v) is 5.25. The Kier molecular flexibility index (Phi) is 2.88. The largest absolute Gasteiger partial charge is 0.494 e. The van der Waals surface area contributed by atoms with Gasteiger partial charge >= 0.3 is 0 Å². The van der Waals surface area contributed by atoms with Gasteiger partial charge in [0.05, 0.1) is 6.61 Å². The van der Waals surface area contributed by atoms with Crippen LogP contribution < -0.4 is 4.74 Å². The molecule has 3 rings (SSSR count). The van der Waals surface area contributed by atoms with Crippen LogP contribution in [0.25, 0.3) is 5.57 Å². The average molecular weight is 254 g/mol. The number of ether oxygens (including phenoxy) is 1. The van der Waals surface area contributed by atoms with E-state index in [9.17, 15) is 0 Å². The Morgan fingerprint density at radius 2 is 1.83 bits per heavy atom. The smallest absolute Gasteiger partial charge is 0.120 e. The van der Waals surface area contributed by atoms with Crippen LogP contribution in [-0.2, 0) is 0 Å². The predicted molar refractivity (Wildman–Crippen MR) is 76.3 cm³/mol. The summed E-state index contributed by atoms with van der Waals surface area (Å²) in [6.07, 6.45) is 0. The Labute approximate surface area is 111 Å². The monoisotopic (exact) mass is 254 g/mol. The Morgan fingerprint density at radius 3 is 2.67 bits per heavy atom. The van der Waals surface area contributed by atoms with Gasteiger partial charge in [-0.3, -0.25) is 0 Å². The molecule has 2 aromatic rings. The summed E-state index contributed by atoms with van der Waals surface area (Å²) in [6, 6.07) is 14.6. The van der Waals surface area contributed by atoms with E-state index in [1.54, 1.807) is 11.8 Å². The highest BCUT2D eigenvalue weighted by Gasteiger charge is 2.19. The molecule has 18 heavy (non-hydrogen) atoms. The molecule has 1 heterocycles. The van der Waals surface area contributed by atoms with Crippen molar-refractivity contribution in [2.45, 2.75) is 16.7 Å². The van der Waals surface area contributed by atoms with Crippen molar-refractivity contribution in [1.82, 2.24) is 0 Å². The topological polar surface area (TPSA) is 9.23 Å². The molecule has 0 unspecified atom stereocenters. The molecule has 90 valence electrons. The summed E-state index contributed by atoms with van der Waals surface area (Å²) in [5.74, 6) is 0.927. The second kappa shape index (κ2) is 4.54. The molecule has 0 atom stereocenters. The van der Waals surface area contributed by atoms with E-state index >= 15 is 0 Å². The van der Waals surface area contributed by atoms with E-state index in [1.807, 2.05) is 13.0 Å². The lowest BCUT2D eigenvalue weighted by Crippen LogP contribution is -1.99. The third-order valence-corrected chi connectivity index (χ3v) is 4.15. The number of hydrogen-bond donors (Lipinski definition) is 0. The first-order valence-corrected chi connectivity index (χ1v) is 6.84. The van der Waals surface area contributed by atoms with Crippen molar-refractivity contribution >= 4 is 17.3 Å². The fourth-order valence-corrected chi connectivity index (χ4v) is 3.32. The van der Waals surface area contributed by atoms with Crippen LogP contribution in [0.3, 0.4) is 0 Å². The maximum atomic E-state index is 5.55. The second-order valence-electron chi connectivity index (χ2n) is 4.17. The maximum absolute atomic E-state index is 5.55. The summed E-state index contributed by atoms with van der Waals surface area (Å²) < 4.78 is 5.55. The van der Waals surface area contributed by atoms with E-state index in [0.29, 0.717) is 6.61 Å². The van der Waals surface area contributed by atoms with Crippen LogP contribution in [0, 0.1) is 0 Å². The molecule has 2 heteroatoms. The fraction of sp³-hybridized carbons (Fsp3) is 0.125. The quantitative estimate of drug-likeness (QED) is 0.660. The zero-order valence-corrected chi connectivity index (χ0v) is 11.1. The fourth-order valence-electron chi connectivity index (χ4n) is 2.16. The van der Waals surface area contributed by atoms with E-state index < -0.39 is 0 Å². The van der Waals surface area contributed by atoms with Crippen molar-refractivity contribution in [1.29, 1.82) is 0 Å². The molecule has 0 fully saturated rings. The summed E-state index contributed by atoms with van der Waals surface area (Å²) >= 11 is 1.79. The van der Waals surface area contributed by atoms with Crippen LogP contribution in [0.1, 0.15) is 18.1 Å². The molecule has 0 aliphatic carbocycles. The summed E-state index contributed by atoms with van der Waals surface area (Å²) in [4.78, 5) is 2.49. The molecule has 0 spiro atoms. The molecular formula is C16H14OS. The molecule has 1 nitrogen and oxygen atoms in total. The van der Waals surface area contributed by atoms with E-state index in [4.69, 9.17) is 4.74 Å². The standard InChI is InChI=1S/C16H14OS/c1-3-17-12-8-9-14-11(2)13-6-4-5-7-15(13)18-16(14)10-12/h4-10H,2-3H2,1H3. The van der Waals surface area contributed by atoms with Gasteiger partial charge in [-0.05, 0) is 47.9 Å². The van der Waals surface area contributed by atoms with Gasteiger partial charge in [0, 0.05) is 9.79 Å². The van der Waals surface area contributed by atoms with Gasteiger partial charge in [0.2, 0.25) is 0 Å². The minimum atomic E-state index is 0.695. The molecule has 0 N–H and O–H groups in total. The highest BCUT2D eigenvalue weighted by atomic mass is 32.2. The number of fused-ring (bicyclic) bond motifs is 2. The Balaban J connectivity index is 2.08. The van der Waals surface area contributed by atoms with Gasteiger partial charge < -0.3 is 4.74 Å². The molecule has 0 aromatic heterocycles. The third-order valence-electron chi connectivity index (χ3n) is 3.02. The zero-order valence-electron chi connectivity index (χ0n) is 10.3. The normalized spacial score (nSPS) is 12.8. The van der Waals surface area contributed by atoms with Crippen LogP contribution in [0.2, 0.25) is 0 Å². The number of rotatable bonds is 2. The summed E-state index contributed by atoms with van der Waals surface area (Å²) in [7, 11) is 0. The Morgan fingerprint density at radius 1 is 1.06 bits per heavy atom. The van der Waals surface area contributed by atoms with Crippen molar-refractivity contribution in [3.05, 3.63) is 60.2 Å². The van der Waals surface area contributed by atoms with E-state index in [-0.39, 0.29) is 0 Å². The summed E-state index contributed by atoms with van der Waals surface area (Å²) in [6.45, 7) is 6.91. The Bertz CT molecular complexity index is 616. The molecule has 1 aliphatic heterocycles. The van der Waals surface area contributed by atoms with Crippen molar-refractivity contribution in [2.75, 3.05) is 6.61 Å².